The first-order valence-electron chi connectivity index (χ1n) is 8.06. The first-order chi connectivity index (χ1) is 13.3. The molecule has 5 nitrogen and oxygen atoms in total. The van der Waals surface area contributed by atoms with Gasteiger partial charge in [0.05, 0.1) is 34.6 Å². The number of hydrogen-bond acceptors (Lipinski definition) is 4. The molecule has 0 aliphatic rings. The minimum absolute atomic E-state index is 0.223. The standard InChI is InChI=1S/C20H13F3N4O/c21-20(22,23)15-4-6-16(7-5-15)27-19(28)14-9-18(12-25-11-14)26-17-3-1-2-13(8-17)10-24/h1-9,11-12,26H,(H,27,28). The maximum absolute atomic E-state index is 12.6. The summed E-state index contributed by atoms with van der Waals surface area (Å²) in [5, 5.41) is 14.5. The Hall–Kier alpha value is -3.86. The zero-order valence-corrected chi connectivity index (χ0v) is 14.3. The number of alkyl halides is 3. The molecule has 0 aliphatic heterocycles. The maximum atomic E-state index is 12.6. The smallest absolute Gasteiger partial charge is 0.354 e. The van der Waals surface area contributed by atoms with Crippen molar-refractivity contribution < 1.29 is 18.0 Å². The fourth-order valence-electron chi connectivity index (χ4n) is 2.41. The molecule has 0 spiro atoms. The number of hydrogen-bond donors (Lipinski definition) is 2. The lowest BCUT2D eigenvalue weighted by molar-refractivity contribution is -0.137. The summed E-state index contributed by atoms with van der Waals surface area (Å²) < 4.78 is 37.8. The summed E-state index contributed by atoms with van der Waals surface area (Å²) in [4.78, 5) is 16.4. The van der Waals surface area contributed by atoms with Gasteiger partial charge in [-0.3, -0.25) is 9.78 Å². The van der Waals surface area contributed by atoms with Crippen molar-refractivity contribution in [2.24, 2.45) is 0 Å². The molecule has 2 N–H and O–H groups in total. The first kappa shape index (κ1) is 18.9. The number of benzene rings is 2. The summed E-state index contributed by atoms with van der Waals surface area (Å²) in [5.74, 6) is -0.512. The van der Waals surface area contributed by atoms with Crippen molar-refractivity contribution in [2.75, 3.05) is 10.6 Å². The molecule has 3 aromatic rings. The highest BCUT2D eigenvalue weighted by Crippen LogP contribution is 2.30. The number of amides is 1. The second-order valence-corrected chi connectivity index (χ2v) is 5.81. The molecule has 0 atom stereocenters. The highest BCUT2D eigenvalue weighted by molar-refractivity contribution is 6.04. The minimum Gasteiger partial charge on any atom is -0.354 e. The lowest BCUT2D eigenvalue weighted by atomic mass is 10.2. The van der Waals surface area contributed by atoms with Crippen LogP contribution in [0, 0.1) is 11.3 Å². The quantitative estimate of drug-likeness (QED) is 0.668. The number of halogens is 3. The van der Waals surface area contributed by atoms with E-state index in [9.17, 15) is 18.0 Å². The van der Waals surface area contributed by atoms with E-state index >= 15 is 0 Å². The van der Waals surface area contributed by atoms with Crippen molar-refractivity contribution in [1.82, 2.24) is 4.98 Å². The third-order valence-corrected chi connectivity index (χ3v) is 3.75. The number of anilines is 3. The number of nitrogens with one attached hydrogen (secondary N) is 2. The van der Waals surface area contributed by atoms with Crippen LogP contribution < -0.4 is 10.6 Å². The fourth-order valence-corrected chi connectivity index (χ4v) is 2.41. The van der Waals surface area contributed by atoms with Gasteiger partial charge >= 0.3 is 6.18 Å². The molecule has 28 heavy (non-hydrogen) atoms. The van der Waals surface area contributed by atoms with E-state index < -0.39 is 17.6 Å². The van der Waals surface area contributed by atoms with Gasteiger partial charge in [-0.05, 0) is 48.5 Å². The van der Waals surface area contributed by atoms with Gasteiger partial charge in [0, 0.05) is 17.6 Å². The van der Waals surface area contributed by atoms with Crippen LogP contribution in [-0.2, 0) is 6.18 Å². The zero-order chi connectivity index (χ0) is 20.1. The number of carbonyl (C=O) groups is 1. The predicted molar refractivity (Wildman–Crippen MR) is 98.1 cm³/mol. The fraction of sp³-hybridized carbons (Fsp3) is 0.0500. The number of rotatable bonds is 4. The van der Waals surface area contributed by atoms with Gasteiger partial charge in [0.25, 0.3) is 5.91 Å². The Balaban J connectivity index is 1.72. The number of carbonyl (C=O) groups excluding carboxylic acids is 1. The largest absolute Gasteiger partial charge is 0.416 e. The van der Waals surface area contributed by atoms with Crippen LogP contribution in [0.25, 0.3) is 0 Å². The lowest BCUT2D eigenvalue weighted by Gasteiger charge is -2.10. The molecule has 0 aliphatic carbocycles. The van der Waals surface area contributed by atoms with Gasteiger partial charge in [-0.1, -0.05) is 6.07 Å². The van der Waals surface area contributed by atoms with Gasteiger partial charge in [0.1, 0.15) is 0 Å². The molecule has 8 heteroatoms. The molecule has 0 radical (unpaired) electrons. The first-order valence-corrected chi connectivity index (χ1v) is 8.06. The zero-order valence-electron chi connectivity index (χ0n) is 14.3. The summed E-state index contributed by atoms with van der Waals surface area (Å²) in [7, 11) is 0. The second-order valence-electron chi connectivity index (χ2n) is 5.81. The van der Waals surface area contributed by atoms with Crippen molar-refractivity contribution in [1.29, 1.82) is 5.26 Å². The SMILES string of the molecule is N#Cc1cccc(Nc2cncc(C(=O)Nc3ccc(C(F)(F)F)cc3)c2)c1. The van der Waals surface area contributed by atoms with Crippen LogP contribution in [0.3, 0.4) is 0 Å². The Labute approximate surface area is 158 Å². The molecule has 0 fully saturated rings. The van der Waals surface area contributed by atoms with E-state index in [1.807, 2.05) is 6.07 Å². The molecule has 0 saturated heterocycles. The monoisotopic (exact) mass is 382 g/mol. The molecular formula is C20H13F3N4O. The van der Waals surface area contributed by atoms with E-state index in [0.29, 0.717) is 16.9 Å². The maximum Gasteiger partial charge on any atom is 0.416 e. The van der Waals surface area contributed by atoms with Crippen LogP contribution in [0.5, 0.6) is 0 Å². The molecule has 1 heterocycles. The molecule has 1 amide bonds. The van der Waals surface area contributed by atoms with Crippen LogP contribution in [0.1, 0.15) is 21.5 Å². The number of nitrogens with zero attached hydrogens (tertiary/aromatic N) is 2. The molecule has 0 saturated carbocycles. The Morgan fingerprint density at radius 1 is 0.964 bits per heavy atom. The van der Waals surface area contributed by atoms with Crippen molar-refractivity contribution in [2.45, 2.75) is 6.18 Å². The molecule has 1 aromatic heterocycles. The number of aromatic nitrogens is 1. The summed E-state index contributed by atoms with van der Waals surface area (Å²) in [6.07, 6.45) is -1.58. The molecule has 0 unspecified atom stereocenters. The summed E-state index contributed by atoms with van der Waals surface area (Å²) in [6, 6.07) is 14.5. The minimum atomic E-state index is -4.44. The van der Waals surface area contributed by atoms with Crippen molar-refractivity contribution in [3.05, 3.63) is 83.7 Å². The molecule has 140 valence electrons. The van der Waals surface area contributed by atoms with E-state index in [1.165, 1.54) is 24.5 Å². The summed E-state index contributed by atoms with van der Waals surface area (Å²) in [5.41, 5.74) is 1.32. The van der Waals surface area contributed by atoms with Crippen LogP contribution in [0.4, 0.5) is 30.2 Å². The normalized spacial score (nSPS) is 10.8. The highest BCUT2D eigenvalue weighted by Gasteiger charge is 2.30. The van der Waals surface area contributed by atoms with Crippen LogP contribution in [0.2, 0.25) is 0 Å². The predicted octanol–water partition coefficient (Wildman–Crippen LogP) is 4.97. The average Bonchev–Trinajstić information content (AvgIpc) is 2.68. The molecule has 2 aromatic carbocycles. The van der Waals surface area contributed by atoms with Crippen molar-refractivity contribution >= 4 is 23.0 Å². The van der Waals surface area contributed by atoms with Gasteiger partial charge in [-0.25, -0.2) is 0 Å². The molecule has 3 rings (SSSR count). The lowest BCUT2D eigenvalue weighted by Crippen LogP contribution is -2.13. The Kier molecular flexibility index (Phi) is 5.27. The van der Waals surface area contributed by atoms with Gasteiger partial charge in [-0.15, -0.1) is 0 Å². The van der Waals surface area contributed by atoms with Gasteiger partial charge in [-0.2, -0.15) is 18.4 Å². The Morgan fingerprint density at radius 3 is 2.39 bits per heavy atom. The second kappa shape index (κ2) is 7.80. The van der Waals surface area contributed by atoms with E-state index in [1.54, 1.807) is 30.3 Å². The van der Waals surface area contributed by atoms with E-state index in [2.05, 4.69) is 15.6 Å². The van der Waals surface area contributed by atoms with E-state index in [-0.39, 0.29) is 11.3 Å². The van der Waals surface area contributed by atoms with Gasteiger partial charge in [0.15, 0.2) is 0 Å². The number of pyridine rings is 1. The van der Waals surface area contributed by atoms with Gasteiger partial charge in [0.2, 0.25) is 0 Å². The van der Waals surface area contributed by atoms with Crippen molar-refractivity contribution in [3.63, 3.8) is 0 Å². The van der Waals surface area contributed by atoms with Gasteiger partial charge < -0.3 is 10.6 Å². The third-order valence-electron chi connectivity index (χ3n) is 3.75. The third kappa shape index (κ3) is 4.65. The van der Waals surface area contributed by atoms with Crippen molar-refractivity contribution in [3.8, 4) is 6.07 Å². The van der Waals surface area contributed by atoms with Crippen LogP contribution >= 0.6 is 0 Å². The number of nitriles is 1. The van der Waals surface area contributed by atoms with Crippen LogP contribution in [0.15, 0.2) is 67.0 Å². The van der Waals surface area contributed by atoms with Crippen LogP contribution in [-0.4, -0.2) is 10.9 Å². The molecule has 0 bridgehead atoms. The summed E-state index contributed by atoms with van der Waals surface area (Å²) in [6.45, 7) is 0. The Bertz CT molecular complexity index is 1040. The van der Waals surface area contributed by atoms with E-state index in [4.69, 9.17) is 5.26 Å². The molecular weight excluding hydrogens is 369 g/mol. The van der Waals surface area contributed by atoms with E-state index in [0.717, 1.165) is 12.1 Å². The summed E-state index contributed by atoms with van der Waals surface area (Å²) >= 11 is 0. The Morgan fingerprint density at radius 2 is 1.71 bits per heavy atom. The average molecular weight is 382 g/mol. The topological polar surface area (TPSA) is 77.8 Å². The highest BCUT2D eigenvalue weighted by atomic mass is 19.4.